The van der Waals surface area contributed by atoms with E-state index in [1.54, 1.807) is 0 Å². The van der Waals surface area contributed by atoms with E-state index < -0.39 is 18.0 Å². The van der Waals surface area contributed by atoms with Crippen LogP contribution in [0.3, 0.4) is 0 Å². The Kier molecular flexibility index (Phi) is 4.60. The summed E-state index contributed by atoms with van der Waals surface area (Å²) in [5, 5.41) is 8.82. The van der Waals surface area contributed by atoms with Gasteiger partial charge in [0, 0.05) is 13.0 Å². The average Bonchev–Trinajstić information content (AvgIpc) is 2.72. The Bertz CT molecular complexity index is 377. The van der Waals surface area contributed by atoms with Crippen LogP contribution in [0.4, 0.5) is 22.0 Å². The number of alkyl halides is 5. The molecule has 104 valence electrons. The molecule has 1 heterocycles. The van der Waals surface area contributed by atoms with E-state index in [1.807, 2.05) is 6.92 Å². The molecule has 0 aliphatic carbocycles. The van der Waals surface area contributed by atoms with E-state index in [1.165, 1.54) is 0 Å². The lowest BCUT2D eigenvalue weighted by Crippen LogP contribution is -2.34. The van der Waals surface area contributed by atoms with Crippen molar-refractivity contribution in [2.75, 3.05) is 13.1 Å². The minimum Gasteiger partial charge on any atom is -0.419 e. The summed E-state index contributed by atoms with van der Waals surface area (Å²) in [6, 6.07) is 0. The second-order valence-corrected chi connectivity index (χ2v) is 3.57. The summed E-state index contributed by atoms with van der Waals surface area (Å²) in [7, 11) is 0. The quantitative estimate of drug-likeness (QED) is 0.638. The molecule has 1 aromatic heterocycles. The third-order valence-electron chi connectivity index (χ3n) is 2.03. The van der Waals surface area contributed by atoms with Crippen molar-refractivity contribution in [3.63, 3.8) is 0 Å². The summed E-state index contributed by atoms with van der Waals surface area (Å²) in [5.41, 5.74) is 0. The van der Waals surface area contributed by atoms with Crippen LogP contribution in [-0.4, -0.2) is 29.5 Å². The van der Waals surface area contributed by atoms with Crippen LogP contribution in [0.25, 0.3) is 0 Å². The third-order valence-corrected chi connectivity index (χ3v) is 2.03. The van der Waals surface area contributed by atoms with Crippen LogP contribution in [0.15, 0.2) is 4.42 Å². The van der Waals surface area contributed by atoms with Crippen molar-refractivity contribution in [3.8, 4) is 0 Å². The lowest BCUT2D eigenvalue weighted by atomic mass is 10.3. The highest BCUT2D eigenvalue weighted by Gasteiger charge is 2.62. The Balaban J connectivity index is 2.63. The fourth-order valence-corrected chi connectivity index (χ4v) is 1.10. The molecule has 0 aromatic carbocycles. The van der Waals surface area contributed by atoms with E-state index in [-0.39, 0.29) is 12.3 Å². The first-order valence-electron chi connectivity index (χ1n) is 5.27. The van der Waals surface area contributed by atoms with Crippen LogP contribution in [0, 0.1) is 0 Å². The number of hydrogen-bond donors (Lipinski definition) is 1. The van der Waals surface area contributed by atoms with Gasteiger partial charge in [0.15, 0.2) is 0 Å². The Hall–Kier alpha value is -1.25. The highest BCUT2D eigenvalue weighted by molar-refractivity contribution is 4.96. The van der Waals surface area contributed by atoms with Crippen molar-refractivity contribution in [1.82, 2.24) is 15.5 Å². The molecular weight excluding hydrogens is 261 g/mol. The molecule has 0 amide bonds. The van der Waals surface area contributed by atoms with Crippen molar-refractivity contribution in [3.05, 3.63) is 11.8 Å². The molecule has 0 bridgehead atoms. The van der Waals surface area contributed by atoms with Crippen molar-refractivity contribution in [2.45, 2.75) is 31.9 Å². The largest absolute Gasteiger partial charge is 0.463 e. The zero-order chi connectivity index (χ0) is 13.8. The number of halogens is 5. The lowest BCUT2D eigenvalue weighted by molar-refractivity contribution is -0.297. The molecule has 0 aliphatic rings. The predicted molar refractivity (Wildman–Crippen MR) is 51.1 cm³/mol. The minimum absolute atomic E-state index is 0.0982. The molecule has 0 radical (unpaired) electrons. The zero-order valence-corrected chi connectivity index (χ0v) is 9.52. The first-order valence-corrected chi connectivity index (χ1v) is 5.27. The van der Waals surface area contributed by atoms with Gasteiger partial charge in [-0.1, -0.05) is 6.92 Å². The molecule has 9 heteroatoms. The molecule has 0 unspecified atom stereocenters. The van der Waals surface area contributed by atoms with Gasteiger partial charge in [-0.15, -0.1) is 10.2 Å². The van der Waals surface area contributed by atoms with Gasteiger partial charge in [0.2, 0.25) is 5.89 Å². The summed E-state index contributed by atoms with van der Waals surface area (Å²) in [5.74, 6) is -7.09. The van der Waals surface area contributed by atoms with Crippen molar-refractivity contribution in [2.24, 2.45) is 0 Å². The third kappa shape index (κ3) is 3.37. The molecule has 0 atom stereocenters. The maximum atomic E-state index is 12.8. The molecule has 0 saturated heterocycles. The van der Waals surface area contributed by atoms with Gasteiger partial charge in [-0.2, -0.15) is 22.0 Å². The Morgan fingerprint density at radius 2 is 1.78 bits per heavy atom. The molecule has 1 N–H and O–H groups in total. The minimum atomic E-state index is -5.74. The van der Waals surface area contributed by atoms with Gasteiger partial charge in [-0.25, -0.2) is 0 Å². The van der Waals surface area contributed by atoms with E-state index >= 15 is 0 Å². The van der Waals surface area contributed by atoms with Crippen molar-refractivity contribution >= 4 is 0 Å². The summed E-state index contributed by atoms with van der Waals surface area (Å²) >= 11 is 0. The molecular formula is C9H12F5N3O. The Morgan fingerprint density at radius 1 is 1.11 bits per heavy atom. The fraction of sp³-hybridized carbons (Fsp3) is 0.778. The number of aromatic nitrogens is 2. The molecule has 0 fully saturated rings. The van der Waals surface area contributed by atoms with E-state index in [2.05, 4.69) is 19.9 Å². The first-order chi connectivity index (χ1) is 8.29. The van der Waals surface area contributed by atoms with E-state index in [9.17, 15) is 22.0 Å². The number of nitrogens with one attached hydrogen (secondary N) is 1. The number of hydrogen-bond acceptors (Lipinski definition) is 4. The van der Waals surface area contributed by atoms with Crippen LogP contribution < -0.4 is 5.32 Å². The van der Waals surface area contributed by atoms with E-state index in [4.69, 9.17) is 0 Å². The topological polar surface area (TPSA) is 51.0 Å². The molecule has 1 aromatic rings. The monoisotopic (exact) mass is 273 g/mol. The maximum Gasteiger partial charge on any atom is 0.463 e. The highest BCUT2D eigenvalue weighted by atomic mass is 19.4. The van der Waals surface area contributed by atoms with Gasteiger partial charge in [0.05, 0.1) is 0 Å². The van der Waals surface area contributed by atoms with Gasteiger partial charge in [0.25, 0.3) is 5.89 Å². The van der Waals surface area contributed by atoms with Crippen LogP contribution >= 0.6 is 0 Å². The molecule has 0 aliphatic heterocycles. The lowest BCUT2D eigenvalue weighted by Gasteiger charge is -2.14. The predicted octanol–water partition coefficient (Wildman–Crippen LogP) is 2.27. The van der Waals surface area contributed by atoms with Crippen LogP contribution in [0.1, 0.15) is 25.1 Å². The van der Waals surface area contributed by atoms with Crippen LogP contribution in [0.2, 0.25) is 0 Å². The van der Waals surface area contributed by atoms with Gasteiger partial charge in [-0.3, -0.25) is 0 Å². The average molecular weight is 273 g/mol. The molecule has 0 saturated carbocycles. The number of rotatable bonds is 6. The molecule has 4 nitrogen and oxygen atoms in total. The normalized spacial score (nSPS) is 13.0. The smallest absolute Gasteiger partial charge is 0.419 e. The Morgan fingerprint density at radius 3 is 2.33 bits per heavy atom. The summed E-state index contributed by atoms with van der Waals surface area (Å²) < 4.78 is 65.9. The number of nitrogens with zero attached hydrogens (tertiary/aromatic N) is 2. The Labute approximate surface area is 99.6 Å². The van der Waals surface area contributed by atoms with E-state index in [0.29, 0.717) is 13.1 Å². The maximum absolute atomic E-state index is 12.8. The summed E-state index contributed by atoms with van der Waals surface area (Å²) in [6.07, 6.45) is -4.76. The van der Waals surface area contributed by atoms with Crippen LogP contribution in [0.5, 0.6) is 0 Å². The summed E-state index contributed by atoms with van der Waals surface area (Å²) in [4.78, 5) is 0. The highest BCUT2D eigenvalue weighted by Crippen LogP contribution is 2.42. The van der Waals surface area contributed by atoms with E-state index in [0.717, 1.165) is 6.42 Å². The molecule has 18 heavy (non-hydrogen) atoms. The standard InChI is InChI=1S/C9H12F5N3O/c1-2-4-15-5-3-6-16-17-7(18-6)8(10,11)9(12,13)14/h15H,2-5H2,1H3. The first kappa shape index (κ1) is 14.8. The van der Waals surface area contributed by atoms with Gasteiger partial charge in [0.1, 0.15) is 0 Å². The van der Waals surface area contributed by atoms with Crippen molar-refractivity contribution < 1.29 is 26.4 Å². The molecule has 1 rings (SSSR count). The fourth-order valence-electron chi connectivity index (χ4n) is 1.10. The zero-order valence-electron chi connectivity index (χ0n) is 9.52. The second kappa shape index (κ2) is 5.59. The molecule has 0 spiro atoms. The van der Waals surface area contributed by atoms with Gasteiger partial charge in [-0.05, 0) is 13.0 Å². The van der Waals surface area contributed by atoms with Crippen LogP contribution in [-0.2, 0) is 12.3 Å². The van der Waals surface area contributed by atoms with Crippen molar-refractivity contribution in [1.29, 1.82) is 0 Å². The van der Waals surface area contributed by atoms with Gasteiger partial charge < -0.3 is 9.73 Å². The second-order valence-electron chi connectivity index (χ2n) is 3.57. The summed E-state index contributed by atoms with van der Waals surface area (Å²) in [6.45, 7) is 3.01. The SMILES string of the molecule is CCCNCCc1nnc(C(F)(F)C(F)(F)F)o1. The van der Waals surface area contributed by atoms with Gasteiger partial charge >= 0.3 is 12.1 Å².